The molecule has 3 heteroatoms. The number of rotatable bonds is 5. The van der Waals surface area contributed by atoms with E-state index in [2.05, 4.69) is 18.2 Å². The molecule has 0 aromatic heterocycles. The highest BCUT2D eigenvalue weighted by atomic mass is 16.5. The van der Waals surface area contributed by atoms with Crippen molar-refractivity contribution in [3.05, 3.63) is 35.4 Å². The van der Waals surface area contributed by atoms with Crippen molar-refractivity contribution in [3.8, 4) is 12.3 Å². The standard InChI is InChI=1S/C14H17NO2/c1-4-10-15-13(14(16)17-3)12-8-6-11(5-2)7-9-12/h1,6-9,13,15H,5,10H2,2-3H3. The number of hydrogen-bond acceptors (Lipinski definition) is 3. The molecular weight excluding hydrogens is 214 g/mol. The smallest absolute Gasteiger partial charge is 0.327 e. The summed E-state index contributed by atoms with van der Waals surface area (Å²) >= 11 is 0. The number of carbonyl (C=O) groups is 1. The Kier molecular flexibility index (Phi) is 5.25. The Labute approximate surface area is 102 Å². The van der Waals surface area contributed by atoms with Gasteiger partial charge in [0, 0.05) is 0 Å². The largest absolute Gasteiger partial charge is 0.468 e. The summed E-state index contributed by atoms with van der Waals surface area (Å²) in [4.78, 5) is 11.6. The van der Waals surface area contributed by atoms with Gasteiger partial charge >= 0.3 is 5.97 Å². The van der Waals surface area contributed by atoms with Crippen LogP contribution in [-0.4, -0.2) is 19.6 Å². The van der Waals surface area contributed by atoms with E-state index < -0.39 is 6.04 Å². The predicted molar refractivity (Wildman–Crippen MR) is 67.4 cm³/mol. The molecule has 0 fully saturated rings. The second-order valence-corrected chi connectivity index (χ2v) is 3.64. The molecule has 90 valence electrons. The summed E-state index contributed by atoms with van der Waals surface area (Å²) in [5.41, 5.74) is 2.10. The van der Waals surface area contributed by atoms with Crippen molar-refractivity contribution in [2.24, 2.45) is 0 Å². The number of benzene rings is 1. The van der Waals surface area contributed by atoms with Crippen molar-refractivity contribution in [3.63, 3.8) is 0 Å². The molecule has 0 saturated heterocycles. The lowest BCUT2D eigenvalue weighted by atomic mass is 10.0. The van der Waals surface area contributed by atoms with Crippen LogP contribution in [0.4, 0.5) is 0 Å². The van der Waals surface area contributed by atoms with Crippen LogP contribution in [0.1, 0.15) is 24.1 Å². The molecule has 0 bridgehead atoms. The maximum absolute atomic E-state index is 11.6. The summed E-state index contributed by atoms with van der Waals surface area (Å²) in [5, 5.41) is 2.96. The third kappa shape index (κ3) is 3.61. The molecule has 0 aliphatic rings. The van der Waals surface area contributed by atoms with Gasteiger partial charge in [-0.05, 0) is 17.5 Å². The molecule has 0 aliphatic heterocycles. The van der Waals surface area contributed by atoms with Crippen LogP contribution in [0.2, 0.25) is 0 Å². The minimum absolute atomic E-state index is 0.329. The summed E-state index contributed by atoms with van der Waals surface area (Å²) in [6, 6.07) is 7.35. The molecule has 1 unspecified atom stereocenters. The van der Waals surface area contributed by atoms with Crippen LogP contribution in [-0.2, 0) is 16.0 Å². The highest BCUT2D eigenvalue weighted by Crippen LogP contribution is 2.15. The lowest BCUT2D eigenvalue weighted by Gasteiger charge is -2.15. The quantitative estimate of drug-likeness (QED) is 0.619. The molecule has 1 N–H and O–H groups in total. The van der Waals surface area contributed by atoms with Gasteiger partial charge in [-0.15, -0.1) is 6.42 Å². The molecular formula is C14H17NO2. The summed E-state index contributed by atoms with van der Waals surface area (Å²) in [5.74, 6) is 2.12. The lowest BCUT2D eigenvalue weighted by Crippen LogP contribution is -2.29. The van der Waals surface area contributed by atoms with Crippen molar-refractivity contribution >= 4 is 5.97 Å². The minimum Gasteiger partial charge on any atom is -0.468 e. The fraction of sp³-hybridized carbons (Fsp3) is 0.357. The van der Waals surface area contributed by atoms with Gasteiger partial charge in [-0.3, -0.25) is 5.32 Å². The molecule has 3 nitrogen and oxygen atoms in total. The van der Waals surface area contributed by atoms with Crippen LogP contribution in [0.25, 0.3) is 0 Å². The van der Waals surface area contributed by atoms with Gasteiger partial charge in [0.1, 0.15) is 6.04 Å². The fourth-order valence-electron chi connectivity index (χ4n) is 1.56. The Bertz CT molecular complexity index is 403. The Hall–Kier alpha value is -1.79. The molecule has 17 heavy (non-hydrogen) atoms. The molecule has 1 aromatic rings. The number of nitrogens with one attached hydrogen (secondary N) is 1. The van der Waals surface area contributed by atoms with Crippen LogP contribution in [0.3, 0.4) is 0 Å². The van der Waals surface area contributed by atoms with E-state index in [1.54, 1.807) is 0 Å². The average Bonchev–Trinajstić information content (AvgIpc) is 2.39. The molecule has 0 saturated carbocycles. The molecule has 0 amide bonds. The van der Waals surface area contributed by atoms with Crippen molar-refractivity contribution in [1.29, 1.82) is 0 Å². The number of aryl methyl sites for hydroxylation is 1. The first-order valence-electron chi connectivity index (χ1n) is 5.56. The van der Waals surface area contributed by atoms with E-state index in [1.165, 1.54) is 12.7 Å². The summed E-state index contributed by atoms with van der Waals surface area (Å²) in [7, 11) is 1.37. The van der Waals surface area contributed by atoms with E-state index >= 15 is 0 Å². The summed E-state index contributed by atoms with van der Waals surface area (Å²) < 4.78 is 4.75. The molecule has 0 heterocycles. The van der Waals surface area contributed by atoms with Gasteiger partial charge in [-0.25, -0.2) is 4.79 Å². The monoisotopic (exact) mass is 231 g/mol. The number of carbonyl (C=O) groups excluding carboxylic acids is 1. The zero-order valence-corrected chi connectivity index (χ0v) is 10.2. The van der Waals surface area contributed by atoms with Crippen LogP contribution in [0.5, 0.6) is 0 Å². The number of hydrogen-bond donors (Lipinski definition) is 1. The molecule has 1 atom stereocenters. The predicted octanol–water partition coefficient (Wildman–Crippen LogP) is 1.69. The molecule has 1 aromatic carbocycles. The van der Waals surface area contributed by atoms with Crippen LogP contribution in [0.15, 0.2) is 24.3 Å². The van der Waals surface area contributed by atoms with Crippen molar-refractivity contribution < 1.29 is 9.53 Å². The molecule has 0 spiro atoms. The van der Waals surface area contributed by atoms with E-state index in [4.69, 9.17) is 11.2 Å². The minimum atomic E-state index is -0.498. The molecule has 0 radical (unpaired) electrons. The second-order valence-electron chi connectivity index (χ2n) is 3.64. The zero-order chi connectivity index (χ0) is 12.7. The fourth-order valence-corrected chi connectivity index (χ4v) is 1.56. The highest BCUT2D eigenvalue weighted by Gasteiger charge is 2.19. The Morgan fingerprint density at radius 3 is 2.59 bits per heavy atom. The second kappa shape index (κ2) is 6.72. The summed E-state index contributed by atoms with van der Waals surface area (Å²) in [6.45, 7) is 2.42. The van der Waals surface area contributed by atoms with Gasteiger partial charge in [0.25, 0.3) is 0 Å². The van der Waals surface area contributed by atoms with Gasteiger partial charge in [0.2, 0.25) is 0 Å². The molecule has 0 aliphatic carbocycles. The van der Waals surface area contributed by atoms with Crippen LogP contribution >= 0.6 is 0 Å². The first kappa shape index (κ1) is 13.3. The molecule has 1 rings (SSSR count). The van der Waals surface area contributed by atoms with Crippen LogP contribution < -0.4 is 5.32 Å². The number of esters is 1. The first-order valence-corrected chi connectivity index (χ1v) is 5.56. The zero-order valence-electron chi connectivity index (χ0n) is 10.2. The topological polar surface area (TPSA) is 38.3 Å². The third-order valence-corrected chi connectivity index (χ3v) is 2.57. The first-order chi connectivity index (χ1) is 8.22. The van der Waals surface area contributed by atoms with E-state index in [0.717, 1.165) is 12.0 Å². The highest BCUT2D eigenvalue weighted by molar-refractivity contribution is 5.77. The van der Waals surface area contributed by atoms with Gasteiger partial charge in [-0.1, -0.05) is 37.1 Å². The van der Waals surface area contributed by atoms with Crippen molar-refractivity contribution in [2.75, 3.05) is 13.7 Å². The van der Waals surface area contributed by atoms with Crippen molar-refractivity contribution in [2.45, 2.75) is 19.4 Å². The normalized spacial score (nSPS) is 11.6. The number of terminal acetylenes is 1. The van der Waals surface area contributed by atoms with Gasteiger partial charge < -0.3 is 4.74 Å². The SMILES string of the molecule is C#CCNC(C(=O)OC)c1ccc(CC)cc1. The van der Waals surface area contributed by atoms with E-state index in [-0.39, 0.29) is 5.97 Å². The summed E-state index contributed by atoms with van der Waals surface area (Å²) in [6.07, 6.45) is 6.15. The third-order valence-electron chi connectivity index (χ3n) is 2.57. The number of ether oxygens (including phenoxy) is 1. The van der Waals surface area contributed by atoms with Gasteiger partial charge in [0.15, 0.2) is 0 Å². The maximum atomic E-state index is 11.6. The van der Waals surface area contributed by atoms with E-state index in [0.29, 0.717) is 6.54 Å². The van der Waals surface area contributed by atoms with Gasteiger partial charge in [-0.2, -0.15) is 0 Å². The lowest BCUT2D eigenvalue weighted by molar-refractivity contribution is -0.143. The van der Waals surface area contributed by atoms with Crippen molar-refractivity contribution in [1.82, 2.24) is 5.32 Å². The Morgan fingerprint density at radius 2 is 2.12 bits per heavy atom. The van der Waals surface area contributed by atoms with E-state index in [1.807, 2.05) is 24.3 Å². The van der Waals surface area contributed by atoms with E-state index in [9.17, 15) is 4.79 Å². The maximum Gasteiger partial charge on any atom is 0.327 e. The van der Waals surface area contributed by atoms with Crippen LogP contribution in [0, 0.1) is 12.3 Å². The average molecular weight is 231 g/mol. The van der Waals surface area contributed by atoms with Gasteiger partial charge in [0.05, 0.1) is 13.7 Å². The Balaban J connectivity index is 2.88. The Morgan fingerprint density at radius 1 is 1.47 bits per heavy atom. The number of methoxy groups -OCH3 is 1.